The van der Waals surface area contributed by atoms with Crippen molar-refractivity contribution in [3.63, 3.8) is 0 Å². The number of carbonyl (C=O) groups excluding carboxylic acids is 2. The molecule has 3 heterocycles. The van der Waals surface area contributed by atoms with Crippen molar-refractivity contribution in [1.82, 2.24) is 5.32 Å². The predicted octanol–water partition coefficient (Wildman–Crippen LogP) is 4.81. The van der Waals surface area contributed by atoms with Crippen molar-refractivity contribution in [3.05, 3.63) is 83.8 Å². The number of rotatable bonds is 5. The van der Waals surface area contributed by atoms with Crippen LogP contribution in [-0.2, 0) is 16.1 Å². The van der Waals surface area contributed by atoms with Gasteiger partial charge in [-0.2, -0.15) is 0 Å². The van der Waals surface area contributed by atoms with Crippen molar-refractivity contribution in [2.45, 2.75) is 39.3 Å². The number of Topliss-reactive ketones (excluding diaryl/α,β-unsaturated/α-hetero) is 1. The highest BCUT2D eigenvalue weighted by molar-refractivity contribution is 6.01. The average molecular weight is 446 g/mol. The summed E-state index contributed by atoms with van der Waals surface area (Å²) in [5, 5.41) is 6.45. The van der Waals surface area contributed by atoms with E-state index in [-0.39, 0.29) is 23.7 Å². The van der Waals surface area contributed by atoms with Gasteiger partial charge in [-0.3, -0.25) is 9.59 Å². The van der Waals surface area contributed by atoms with Gasteiger partial charge in [0.25, 0.3) is 0 Å². The fourth-order valence-electron chi connectivity index (χ4n) is 4.78. The van der Waals surface area contributed by atoms with Gasteiger partial charge in [-0.15, -0.1) is 0 Å². The molecule has 170 valence electrons. The minimum atomic E-state index is -0.510. The Bertz CT molecular complexity index is 1190. The molecule has 0 saturated carbocycles. The monoisotopic (exact) mass is 445 g/mol. The molecule has 1 aromatic carbocycles. The number of hydrogen-bond donors (Lipinski definition) is 2. The van der Waals surface area contributed by atoms with Gasteiger partial charge < -0.3 is 24.4 Å². The number of nitrogens with zero attached hydrogens (tertiary/aromatic N) is 1. The van der Waals surface area contributed by atoms with Crippen LogP contribution in [0.15, 0.2) is 81.2 Å². The highest BCUT2D eigenvalue weighted by Gasteiger charge is 2.42. The van der Waals surface area contributed by atoms with Gasteiger partial charge in [0.1, 0.15) is 17.6 Å². The third-order valence-corrected chi connectivity index (χ3v) is 6.17. The Kier molecular flexibility index (Phi) is 5.32. The number of fused-ring (bicyclic) bond motifs is 1. The molecule has 5 rings (SSSR count). The number of nitrogens with one attached hydrogen (secondary N) is 2. The lowest BCUT2D eigenvalue weighted by molar-refractivity contribution is -0.121. The molecule has 0 spiro atoms. The van der Waals surface area contributed by atoms with Crippen LogP contribution in [0.3, 0.4) is 0 Å². The van der Waals surface area contributed by atoms with E-state index in [0.29, 0.717) is 30.1 Å². The first-order chi connectivity index (χ1) is 15.9. The number of hydrogen-bond acceptors (Lipinski definition) is 6. The summed E-state index contributed by atoms with van der Waals surface area (Å²) in [5.41, 5.74) is 3.11. The van der Waals surface area contributed by atoms with E-state index in [1.165, 1.54) is 0 Å². The van der Waals surface area contributed by atoms with Crippen LogP contribution in [0.4, 0.5) is 11.4 Å². The van der Waals surface area contributed by atoms with E-state index in [1.807, 2.05) is 47.4 Å². The van der Waals surface area contributed by atoms with Crippen LogP contribution in [0.5, 0.6) is 0 Å². The molecule has 0 fully saturated rings. The number of benzene rings is 1. The maximum atomic E-state index is 13.5. The third-order valence-electron chi connectivity index (χ3n) is 6.17. The second-order valence-electron chi connectivity index (χ2n) is 9.38. The lowest BCUT2D eigenvalue weighted by Gasteiger charge is -2.36. The maximum absolute atomic E-state index is 13.5. The molecule has 7 heteroatoms. The van der Waals surface area contributed by atoms with E-state index in [1.54, 1.807) is 18.6 Å². The molecule has 1 aliphatic carbocycles. The second-order valence-corrected chi connectivity index (χ2v) is 9.38. The third kappa shape index (κ3) is 4.18. The van der Waals surface area contributed by atoms with Crippen molar-refractivity contribution in [3.8, 4) is 0 Å². The first-order valence-corrected chi connectivity index (χ1v) is 11.1. The van der Waals surface area contributed by atoms with Gasteiger partial charge in [-0.05, 0) is 48.2 Å². The van der Waals surface area contributed by atoms with E-state index < -0.39 is 6.04 Å². The van der Waals surface area contributed by atoms with Crippen molar-refractivity contribution in [2.75, 3.05) is 16.8 Å². The zero-order valence-electron chi connectivity index (χ0n) is 18.8. The summed E-state index contributed by atoms with van der Waals surface area (Å²) in [6.07, 6.45) is 4.36. The first-order valence-electron chi connectivity index (χ1n) is 11.1. The smallest absolute Gasteiger partial charge is 0.239 e. The fourth-order valence-corrected chi connectivity index (χ4v) is 4.78. The lowest BCUT2D eigenvalue weighted by atomic mass is 9.74. The summed E-state index contributed by atoms with van der Waals surface area (Å²) in [5.74, 6) is 1.21. The molecule has 2 N–H and O–H groups in total. The predicted molar refractivity (Wildman–Crippen MR) is 124 cm³/mol. The number of para-hydroxylation sites is 2. The van der Waals surface area contributed by atoms with Crippen LogP contribution in [0.2, 0.25) is 0 Å². The Morgan fingerprint density at radius 1 is 1.09 bits per heavy atom. The molecule has 1 aliphatic heterocycles. The van der Waals surface area contributed by atoms with Crippen molar-refractivity contribution < 1.29 is 18.4 Å². The molecule has 1 atom stereocenters. The largest absolute Gasteiger partial charge is 0.467 e. The molecule has 0 saturated heterocycles. The molecular formula is C26H27N3O4. The minimum absolute atomic E-state index is 0.0538. The summed E-state index contributed by atoms with van der Waals surface area (Å²) in [4.78, 5) is 28.5. The zero-order valence-corrected chi connectivity index (χ0v) is 18.8. The van der Waals surface area contributed by atoms with Crippen molar-refractivity contribution >= 4 is 23.1 Å². The average Bonchev–Trinajstić information content (AvgIpc) is 3.46. The SMILES string of the molecule is CC1(C)CC(=O)C2=C(C1)Nc1ccccc1N(CC(=O)NCc1ccco1)[C@H]2c1ccco1. The fraction of sp³-hybridized carbons (Fsp3) is 0.308. The van der Waals surface area contributed by atoms with Gasteiger partial charge in [0.05, 0.1) is 37.0 Å². The lowest BCUT2D eigenvalue weighted by Crippen LogP contribution is -2.41. The molecule has 3 aromatic rings. The summed E-state index contributed by atoms with van der Waals surface area (Å²) >= 11 is 0. The quantitative estimate of drug-likeness (QED) is 0.586. The summed E-state index contributed by atoms with van der Waals surface area (Å²) in [7, 11) is 0. The van der Waals surface area contributed by atoms with E-state index >= 15 is 0 Å². The van der Waals surface area contributed by atoms with E-state index in [4.69, 9.17) is 8.83 Å². The summed E-state index contributed by atoms with van der Waals surface area (Å²) < 4.78 is 11.1. The molecule has 0 bridgehead atoms. The van der Waals surface area contributed by atoms with Gasteiger partial charge in [-0.1, -0.05) is 26.0 Å². The Balaban J connectivity index is 1.57. The molecule has 0 radical (unpaired) electrons. The molecule has 33 heavy (non-hydrogen) atoms. The molecule has 0 unspecified atom stereocenters. The topological polar surface area (TPSA) is 87.7 Å². The molecule has 1 amide bonds. The Morgan fingerprint density at radius 3 is 2.64 bits per heavy atom. The summed E-state index contributed by atoms with van der Waals surface area (Å²) in [6, 6.07) is 14.6. The Morgan fingerprint density at radius 2 is 1.88 bits per heavy atom. The first kappa shape index (κ1) is 21.1. The van der Waals surface area contributed by atoms with Crippen LogP contribution in [-0.4, -0.2) is 18.2 Å². The number of allylic oxidation sites excluding steroid dienone is 1. The van der Waals surface area contributed by atoms with Crippen LogP contribution < -0.4 is 15.5 Å². The highest BCUT2D eigenvalue weighted by atomic mass is 16.3. The van der Waals surface area contributed by atoms with Gasteiger partial charge >= 0.3 is 0 Å². The molecule has 7 nitrogen and oxygen atoms in total. The van der Waals surface area contributed by atoms with Crippen molar-refractivity contribution in [1.29, 1.82) is 0 Å². The van der Waals surface area contributed by atoms with Crippen LogP contribution >= 0.6 is 0 Å². The van der Waals surface area contributed by atoms with Gasteiger partial charge in [0, 0.05) is 17.7 Å². The van der Waals surface area contributed by atoms with E-state index in [2.05, 4.69) is 24.5 Å². The number of ketones is 1. The van der Waals surface area contributed by atoms with E-state index in [0.717, 1.165) is 23.5 Å². The van der Waals surface area contributed by atoms with Crippen LogP contribution in [0.1, 0.15) is 44.3 Å². The van der Waals surface area contributed by atoms with Gasteiger partial charge in [-0.25, -0.2) is 0 Å². The highest BCUT2D eigenvalue weighted by Crippen LogP contribution is 2.48. The molecule has 2 aromatic heterocycles. The van der Waals surface area contributed by atoms with E-state index in [9.17, 15) is 9.59 Å². The number of carbonyl (C=O) groups is 2. The molecule has 2 aliphatic rings. The standard InChI is InChI=1S/C26H27N3O4/c1-26(2)13-19-24(21(30)14-26)25(22-10-6-12-33-22)29(20-9-4-3-8-18(20)28-19)16-23(31)27-15-17-7-5-11-32-17/h3-12,25,28H,13-16H2,1-2H3,(H,27,31)/t25-/m0/s1. The normalized spacial score (nSPS) is 19.4. The Labute approximate surface area is 192 Å². The zero-order chi connectivity index (χ0) is 23.0. The minimum Gasteiger partial charge on any atom is -0.467 e. The Hall–Kier alpha value is -3.74. The number of furan rings is 2. The van der Waals surface area contributed by atoms with Crippen molar-refractivity contribution in [2.24, 2.45) is 5.41 Å². The van der Waals surface area contributed by atoms with Gasteiger partial charge in [0.2, 0.25) is 5.91 Å². The second kappa shape index (κ2) is 8.31. The van der Waals surface area contributed by atoms with Gasteiger partial charge in [0.15, 0.2) is 5.78 Å². The number of anilines is 2. The summed E-state index contributed by atoms with van der Waals surface area (Å²) in [6.45, 7) is 4.56. The number of amides is 1. The maximum Gasteiger partial charge on any atom is 0.239 e. The molecular weight excluding hydrogens is 418 g/mol. The van der Waals surface area contributed by atoms with Crippen LogP contribution in [0.25, 0.3) is 0 Å². The van der Waals surface area contributed by atoms with Crippen LogP contribution in [0, 0.1) is 5.41 Å².